The first kappa shape index (κ1) is 16.2. The smallest absolute Gasteiger partial charge is 0.319 e. The van der Waals surface area contributed by atoms with Crippen LogP contribution in [0.3, 0.4) is 0 Å². The van der Waals surface area contributed by atoms with Crippen LogP contribution in [-0.4, -0.2) is 24.7 Å². The van der Waals surface area contributed by atoms with E-state index in [4.69, 9.17) is 5.73 Å². The molecule has 0 saturated heterocycles. The Morgan fingerprint density at radius 3 is 2.73 bits per heavy atom. The first-order chi connectivity index (χ1) is 12.5. The van der Waals surface area contributed by atoms with Crippen molar-refractivity contribution in [3.8, 4) is 16.9 Å². The zero-order valence-electron chi connectivity index (χ0n) is 14.2. The fourth-order valence-corrected chi connectivity index (χ4v) is 3.15. The monoisotopic (exact) mass is 350 g/mol. The van der Waals surface area contributed by atoms with Gasteiger partial charge in [-0.25, -0.2) is 14.6 Å². The quantitative estimate of drug-likeness (QED) is 0.558. The minimum absolute atomic E-state index is 0.114. The number of hydrogen-bond acceptors (Lipinski definition) is 6. The molecule has 1 unspecified atom stereocenters. The number of nitrogens with two attached hydrogens (primary N) is 1. The molecular formula is C18H18N6O2. The van der Waals surface area contributed by atoms with Gasteiger partial charge in [0.2, 0.25) is 5.82 Å². The highest BCUT2D eigenvalue weighted by molar-refractivity contribution is 5.78. The summed E-state index contributed by atoms with van der Waals surface area (Å²) in [5.41, 5.74) is 7.64. The predicted octanol–water partition coefficient (Wildman–Crippen LogP) is 3.33. The third kappa shape index (κ3) is 2.90. The first-order valence-corrected chi connectivity index (χ1v) is 8.45. The first-order valence-electron chi connectivity index (χ1n) is 8.45. The lowest BCUT2D eigenvalue weighted by atomic mass is 9.98. The lowest BCUT2D eigenvalue weighted by Crippen LogP contribution is -2.01. The van der Waals surface area contributed by atoms with Crippen molar-refractivity contribution in [2.45, 2.75) is 25.7 Å². The Morgan fingerprint density at radius 1 is 1.27 bits per heavy atom. The highest BCUT2D eigenvalue weighted by atomic mass is 16.6. The second-order valence-corrected chi connectivity index (χ2v) is 6.60. The maximum Gasteiger partial charge on any atom is 0.319 e. The second-order valence-electron chi connectivity index (χ2n) is 6.60. The highest BCUT2D eigenvalue weighted by Crippen LogP contribution is 2.42. The van der Waals surface area contributed by atoms with E-state index in [1.54, 1.807) is 23.1 Å². The average Bonchev–Trinajstić information content (AvgIpc) is 3.37. The lowest BCUT2D eigenvalue weighted by Gasteiger charge is -2.10. The lowest BCUT2D eigenvalue weighted by molar-refractivity contribution is -0.383. The number of hydrogen-bond donors (Lipinski definition) is 1. The van der Waals surface area contributed by atoms with Gasteiger partial charge < -0.3 is 5.73 Å². The molecule has 1 saturated carbocycles. The van der Waals surface area contributed by atoms with E-state index in [-0.39, 0.29) is 11.5 Å². The number of rotatable bonds is 5. The topological polar surface area (TPSA) is 113 Å². The Morgan fingerprint density at radius 2 is 2.08 bits per heavy atom. The third-order valence-corrected chi connectivity index (χ3v) is 4.89. The van der Waals surface area contributed by atoms with Crippen LogP contribution in [0, 0.1) is 16.0 Å². The Balaban J connectivity index is 1.65. The molecule has 1 aliphatic rings. The SMILES string of the molecule is CC(c1ccc(-n2cc(-c3ccnc(N)c3[N+](=O)[O-])cn2)nc1)C1CC1. The largest absolute Gasteiger partial charge is 0.378 e. The molecule has 0 aliphatic heterocycles. The summed E-state index contributed by atoms with van der Waals surface area (Å²) in [6.45, 7) is 2.23. The Hall–Kier alpha value is -3.29. The number of nitro groups is 1. The van der Waals surface area contributed by atoms with E-state index < -0.39 is 4.92 Å². The van der Waals surface area contributed by atoms with Crippen LogP contribution < -0.4 is 5.73 Å². The van der Waals surface area contributed by atoms with Crippen LogP contribution >= 0.6 is 0 Å². The summed E-state index contributed by atoms with van der Waals surface area (Å²) in [6, 6.07) is 5.55. The summed E-state index contributed by atoms with van der Waals surface area (Å²) in [5, 5.41) is 15.6. The minimum Gasteiger partial charge on any atom is -0.378 e. The van der Waals surface area contributed by atoms with E-state index in [0.717, 1.165) is 5.92 Å². The molecule has 0 bridgehead atoms. The molecule has 1 fully saturated rings. The second kappa shape index (κ2) is 6.21. The van der Waals surface area contributed by atoms with E-state index in [9.17, 15) is 10.1 Å². The van der Waals surface area contributed by atoms with Gasteiger partial charge in [0.1, 0.15) is 0 Å². The van der Waals surface area contributed by atoms with Gasteiger partial charge in [0.05, 0.1) is 16.7 Å². The molecule has 3 aromatic heterocycles. The summed E-state index contributed by atoms with van der Waals surface area (Å²) in [5.74, 6) is 1.84. The molecule has 2 N–H and O–H groups in total. The van der Waals surface area contributed by atoms with Crippen molar-refractivity contribution in [1.82, 2.24) is 19.7 Å². The van der Waals surface area contributed by atoms with Crippen molar-refractivity contribution < 1.29 is 4.92 Å². The van der Waals surface area contributed by atoms with Gasteiger partial charge in [-0.2, -0.15) is 5.10 Å². The zero-order chi connectivity index (χ0) is 18.3. The van der Waals surface area contributed by atoms with Crippen LogP contribution in [-0.2, 0) is 0 Å². The molecule has 1 aliphatic carbocycles. The van der Waals surface area contributed by atoms with E-state index in [0.29, 0.717) is 22.9 Å². The summed E-state index contributed by atoms with van der Waals surface area (Å²) < 4.78 is 1.60. The molecule has 0 radical (unpaired) electrons. The van der Waals surface area contributed by atoms with Gasteiger partial charge >= 0.3 is 5.69 Å². The third-order valence-electron chi connectivity index (χ3n) is 4.89. The number of anilines is 1. The van der Waals surface area contributed by atoms with Gasteiger partial charge in [-0.15, -0.1) is 0 Å². The molecule has 3 aromatic rings. The van der Waals surface area contributed by atoms with Gasteiger partial charge in [0.25, 0.3) is 0 Å². The molecule has 1 atom stereocenters. The summed E-state index contributed by atoms with van der Waals surface area (Å²) in [4.78, 5) is 19.1. The van der Waals surface area contributed by atoms with Crippen molar-refractivity contribution >= 4 is 11.5 Å². The molecule has 4 rings (SSSR count). The number of nitrogens with zero attached hydrogens (tertiary/aromatic N) is 5. The molecule has 26 heavy (non-hydrogen) atoms. The van der Waals surface area contributed by atoms with E-state index >= 15 is 0 Å². The fourth-order valence-electron chi connectivity index (χ4n) is 3.15. The molecule has 8 nitrogen and oxygen atoms in total. The van der Waals surface area contributed by atoms with Gasteiger partial charge in [0.15, 0.2) is 5.82 Å². The molecular weight excluding hydrogens is 332 g/mol. The average molecular weight is 350 g/mol. The normalized spacial score (nSPS) is 15.0. The molecule has 0 spiro atoms. The van der Waals surface area contributed by atoms with E-state index in [2.05, 4.69) is 28.1 Å². The van der Waals surface area contributed by atoms with Gasteiger partial charge in [0, 0.05) is 24.2 Å². The van der Waals surface area contributed by atoms with E-state index in [1.165, 1.54) is 24.6 Å². The number of pyridine rings is 2. The maximum absolute atomic E-state index is 11.3. The summed E-state index contributed by atoms with van der Waals surface area (Å²) >= 11 is 0. The van der Waals surface area contributed by atoms with Gasteiger partial charge in [-0.05, 0) is 42.4 Å². The Bertz CT molecular complexity index is 962. The van der Waals surface area contributed by atoms with Crippen LogP contribution in [0.5, 0.6) is 0 Å². The van der Waals surface area contributed by atoms with Crippen LogP contribution in [0.15, 0.2) is 43.0 Å². The van der Waals surface area contributed by atoms with Crippen molar-refractivity contribution in [2.75, 3.05) is 5.73 Å². The maximum atomic E-state index is 11.3. The van der Waals surface area contributed by atoms with E-state index in [1.807, 2.05) is 12.3 Å². The zero-order valence-corrected chi connectivity index (χ0v) is 14.2. The number of aromatic nitrogens is 4. The van der Waals surface area contributed by atoms with Crippen LogP contribution in [0.25, 0.3) is 16.9 Å². The molecule has 3 heterocycles. The molecule has 8 heteroatoms. The van der Waals surface area contributed by atoms with Crippen LogP contribution in [0.1, 0.15) is 31.2 Å². The highest BCUT2D eigenvalue weighted by Gasteiger charge is 2.29. The van der Waals surface area contributed by atoms with Crippen molar-refractivity contribution in [3.05, 3.63) is 58.7 Å². The van der Waals surface area contributed by atoms with Crippen molar-refractivity contribution in [1.29, 1.82) is 0 Å². The predicted molar refractivity (Wildman–Crippen MR) is 96.8 cm³/mol. The minimum atomic E-state index is -0.526. The standard InChI is InChI=1S/C18H18N6O2/c1-11(12-2-3-12)13-4-5-16(21-8-13)23-10-14(9-22-23)15-6-7-20-18(19)17(15)24(25)26/h4-12H,2-3H2,1H3,(H2,19,20). The Labute approximate surface area is 149 Å². The van der Waals surface area contributed by atoms with Gasteiger partial charge in [-0.3, -0.25) is 10.1 Å². The van der Waals surface area contributed by atoms with Crippen molar-refractivity contribution in [3.63, 3.8) is 0 Å². The number of nitrogen functional groups attached to an aromatic ring is 1. The van der Waals surface area contributed by atoms with Crippen molar-refractivity contribution in [2.24, 2.45) is 5.92 Å². The summed E-state index contributed by atoms with van der Waals surface area (Å²) in [7, 11) is 0. The Kier molecular flexibility index (Phi) is 3.87. The van der Waals surface area contributed by atoms with Gasteiger partial charge in [-0.1, -0.05) is 13.0 Å². The molecule has 132 valence electrons. The van der Waals surface area contributed by atoms with Crippen LogP contribution in [0.4, 0.5) is 11.5 Å². The fraction of sp³-hybridized carbons (Fsp3) is 0.278. The summed E-state index contributed by atoms with van der Waals surface area (Å²) in [6.07, 6.45) is 9.17. The molecule has 0 amide bonds. The molecule has 0 aromatic carbocycles. The van der Waals surface area contributed by atoms with Crippen LogP contribution in [0.2, 0.25) is 0 Å².